The van der Waals surface area contributed by atoms with E-state index in [0.717, 1.165) is 77.9 Å². The van der Waals surface area contributed by atoms with E-state index in [0.29, 0.717) is 5.82 Å². The summed E-state index contributed by atoms with van der Waals surface area (Å²) >= 11 is 0. The zero-order valence-electron chi connectivity index (χ0n) is 31.5. The van der Waals surface area contributed by atoms with Gasteiger partial charge in [0.15, 0.2) is 5.82 Å². The molecule has 0 amide bonds. The fourth-order valence-electron chi connectivity index (χ4n) is 8.21. The van der Waals surface area contributed by atoms with Gasteiger partial charge in [-0.3, -0.25) is 0 Å². The van der Waals surface area contributed by atoms with E-state index in [1.807, 2.05) is 36.4 Å². The SMILES string of the molecule is c1ccc(-c2ccc(N(c3ccc4ccccc4c3)c3cc4oc5cc(-c6nc(-c7ccccc7)cc(-c7ccccc7)n6)ccc5c4c4ccccc34)cc2)cc1. The third-order valence-corrected chi connectivity index (χ3v) is 11.0. The summed E-state index contributed by atoms with van der Waals surface area (Å²) in [7, 11) is 0. The lowest BCUT2D eigenvalue weighted by Gasteiger charge is -2.27. The molecule has 9 aromatic carbocycles. The lowest BCUT2D eigenvalue weighted by atomic mass is 9.99. The van der Waals surface area contributed by atoms with Crippen LogP contribution in [0.1, 0.15) is 0 Å². The molecule has 11 aromatic rings. The van der Waals surface area contributed by atoms with E-state index in [-0.39, 0.29) is 0 Å². The van der Waals surface area contributed by atoms with E-state index < -0.39 is 0 Å². The summed E-state index contributed by atoms with van der Waals surface area (Å²) in [5.41, 5.74) is 11.8. The first-order chi connectivity index (χ1) is 28.7. The van der Waals surface area contributed by atoms with Gasteiger partial charge in [-0.15, -0.1) is 0 Å². The smallest absolute Gasteiger partial charge is 0.160 e. The fraction of sp³-hybridized carbons (Fsp3) is 0. The number of benzene rings is 9. The van der Waals surface area contributed by atoms with Crippen molar-refractivity contribution in [3.63, 3.8) is 0 Å². The number of aromatic nitrogens is 2. The van der Waals surface area contributed by atoms with Gasteiger partial charge in [-0.2, -0.15) is 0 Å². The second-order valence-corrected chi connectivity index (χ2v) is 14.6. The monoisotopic (exact) mass is 741 g/mol. The first kappa shape index (κ1) is 33.5. The number of furan rings is 1. The minimum atomic E-state index is 0.648. The normalized spacial score (nSPS) is 11.4. The molecule has 0 fully saturated rings. The molecular weight excluding hydrogens is 707 g/mol. The highest BCUT2D eigenvalue weighted by atomic mass is 16.3. The molecule has 0 aliphatic heterocycles. The van der Waals surface area contributed by atoms with E-state index in [2.05, 4.69) is 181 Å². The molecule has 0 aliphatic rings. The van der Waals surface area contributed by atoms with Crippen molar-refractivity contribution in [1.29, 1.82) is 0 Å². The largest absolute Gasteiger partial charge is 0.456 e. The molecule has 0 spiro atoms. The Labute approximate surface area is 335 Å². The Hall–Kier alpha value is -7.82. The molecule has 0 unspecified atom stereocenters. The van der Waals surface area contributed by atoms with Crippen LogP contribution in [0.5, 0.6) is 0 Å². The van der Waals surface area contributed by atoms with Crippen LogP contribution >= 0.6 is 0 Å². The maximum absolute atomic E-state index is 6.88. The molecule has 0 aliphatic carbocycles. The Kier molecular flexibility index (Phi) is 8.11. The van der Waals surface area contributed by atoms with Gasteiger partial charge >= 0.3 is 0 Å². The first-order valence-electron chi connectivity index (χ1n) is 19.6. The average Bonchev–Trinajstić information content (AvgIpc) is 3.68. The Bertz CT molecular complexity index is 3210. The van der Waals surface area contributed by atoms with Crippen LogP contribution in [0, 0.1) is 0 Å². The van der Waals surface area contributed by atoms with Crippen LogP contribution in [-0.4, -0.2) is 9.97 Å². The maximum atomic E-state index is 6.88. The zero-order chi connectivity index (χ0) is 38.4. The summed E-state index contributed by atoms with van der Waals surface area (Å²) in [6, 6.07) is 74.5. The van der Waals surface area contributed by atoms with E-state index in [4.69, 9.17) is 14.4 Å². The topological polar surface area (TPSA) is 42.2 Å². The molecule has 58 heavy (non-hydrogen) atoms. The molecule has 0 saturated carbocycles. The van der Waals surface area contributed by atoms with Gasteiger partial charge in [0, 0.05) is 50.3 Å². The molecular formula is C54H35N3O. The number of hydrogen-bond acceptors (Lipinski definition) is 4. The van der Waals surface area contributed by atoms with Crippen molar-refractivity contribution >= 4 is 60.5 Å². The molecule has 4 heteroatoms. The van der Waals surface area contributed by atoms with Crippen molar-refractivity contribution in [2.24, 2.45) is 0 Å². The summed E-state index contributed by atoms with van der Waals surface area (Å²) in [6.07, 6.45) is 0. The van der Waals surface area contributed by atoms with Crippen LogP contribution in [-0.2, 0) is 0 Å². The van der Waals surface area contributed by atoms with Crippen molar-refractivity contribution < 1.29 is 4.42 Å². The van der Waals surface area contributed by atoms with Crippen LogP contribution in [0.4, 0.5) is 17.1 Å². The predicted molar refractivity (Wildman–Crippen MR) is 241 cm³/mol. The summed E-state index contributed by atoms with van der Waals surface area (Å²) in [6.45, 7) is 0. The summed E-state index contributed by atoms with van der Waals surface area (Å²) in [4.78, 5) is 12.6. The molecule has 0 N–H and O–H groups in total. The first-order valence-corrected chi connectivity index (χ1v) is 19.6. The van der Waals surface area contributed by atoms with E-state index in [1.54, 1.807) is 0 Å². The van der Waals surface area contributed by atoms with Crippen LogP contribution in [0.25, 0.3) is 88.5 Å². The summed E-state index contributed by atoms with van der Waals surface area (Å²) < 4.78 is 6.88. The lowest BCUT2D eigenvalue weighted by Crippen LogP contribution is -2.10. The van der Waals surface area contributed by atoms with Gasteiger partial charge in [0.05, 0.1) is 17.1 Å². The Morgan fingerprint density at radius 1 is 0.345 bits per heavy atom. The van der Waals surface area contributed by atoms with Crippen molar-refractivity contribution in [1.82, 2.24) is 9.97 Å². The van der Waals surface area contributed by atoms with E-state index in [9.17, 15) is 0 Å². The van der Waals surface area contributed by atoms with Gasteiger partial charge in [0.1, 0.15) is 11.2 Å². The minimum Gasteiger partial charge on any atom is -0.456 e. The number of hydrogen-bond donors (Lipinski definition) is 0. The average molecular weight is 742 g/mol. The zero-order valence-corrected chi connectivity index (χ0v) is 31.5. The highest BCUT2D eigenvalue weighted by Crippen LogP contribution is 2.46. The van der Waals surface area contributed by atoms with Crippen LogP contribution < -0.4 is 4.90 Å². The molecule has 0 radical (unpaired) electrons. The second-order valence-electron chi connectivity index (χ2n) is 14.6. The third-order valence-electron chi connectivity index (χ3n) is 11.0. The number of nitrogens with zero attached hydrogens (tertiary/aromatic N) is 3. The standard InChI is InChI=1S/C54H35N3O/c1-4-14-36(15-5-1)38-24-28-43(29-25-38)57(44-30-26-37-16-10-11-21-41(37)32-44)50-35-52-53(46-23-13-12-22-45(46)50)47-31-27-42(33-51(47)58-52)54-55-48(39-17-6-2-7-18-39)34-49(56-54)40-19-8-3-9-20-40/h1-35H. The molecule has 4 nitrogen and oxygen atoms in total. The van der Waals surface area contributed by atoms with E-state index in [1.165, 1.54) is 21.9 Å². The van der Waals surface area contributed by atoms with Gasteiger partial charge in [-0.05, 0) is 69.8 Å². The highest BCUT2D eigenvalue weighted by molar-refractivity contribution is 6.22. The van der Waals surface area contributed by atoms with Gasteiger partial charge in [-0.25, -0.2) is 9.97 Å². The molecule has 0 saturated heterocycles. The van der Waals surface area contributed by atoms with Gasteiger partial charge in [-0.1, -0.05) is 164 Å². The van der Waals surface area contributed by atoms with Crippen LogP contribution in [0.15, 0.2) is 217 Å². The maximum Gasteiger partial charge on any atom is 0.160 e. The summed E-state index contributed by atoms with van der Waals surface area (Å²) in [5.74, 6) is 0.648. The molecule has 2 heterocycles. The predicted octanol–water partition coefficient (Wildman–Crippen LogP) is 14.8. The molecule has 11 rings (SSSR count). The van der Waals surface area contributed by atoms with E-state index >= 15 is 0 Å². The Morgan fingerprint density at radius 2 is 0.897 bits per heavy atom. The van der Waals surface area contributed by atoms with Crippen molar-refractivity contribution in [3.8, 4) is 45.0 Å². The van der Waals surface area contributed by atoms with Crippen LogP contribution in [0.3, 0.4) is 0 Å². The summed E-state index contributed by atoms with van der Waals surface area (Å²) in [5, 5.41) is 6.78. The Balaban J connectivity index is 1.09. The third kappa shape index (κ3) is 5.96. The van der Waals surface area contributed by atoms with Gasteiger partial charge in [0.25, 0.3) is 0 Å². The minimum absolute atomic E-state index is 0.648. The quantitative estimate of drug-likeness (QED) is 0.163. The molecule has 272 valence electrons. The van der Waals surface area contributed by atoms with Gasteiger partial charge < -0.3 is 9.32 Å². The molecule has 0 bridgehead atoms. The Morgan fingerprint density at radius 3 is 1.59 bits per heavy atom. The number of rotatable bonds is 7. The molecule has 0 atom stereocenters. The lowest BCUT2D eigenvalue weighted by molar-refractivity contribution is 0.669. The van der Waals surface area contributed by atoms with Gasteiger partial charge in [0.2, 0.25) is 0 Å². The second kappa shape index (κ2) is 14.0. The molecule has 2 aromatic heterocycles. The van der Waals surface area contributed by atoms with Crippen molar-refractivity contribution in [2.45, 2.75) is 0 Å². The fourth-order valence-corrected chi connectivity index (χ4v) is 8.21. The highest BCUT2D eigenvalue weighted by Gasteiger charge is 2.21. The number of anilines is 3. The van der Waals surface area contributed by atoms with Crippen molar-refractivity contribution in [2.75, 3.05) is 4.90 Å². The van der Waals surface area contributed by atoms with Crippen LogP contribution in [0.2, 0.25) is 0 Å². The number of fused-ring (bicyclic) bond motifs is 6. The van der Waals surface area contributed by atoms with Crippen molar-refractivity contribution in [3.05, 3.63) is 212 Å².